The molecule has 0 bridgehead atoms. The Balaban J connectivity index is 1.78. The topological polar surface area (TPSA) is 95.6 Å². The van der Waals surface area contributed by atoms with Gasteiger partial charge in [0, 0.05) is 11.6 Å². The molecule has 0 radical (unpaired) electrons. The minimum absolute atomic E-state index is 0.0654. The van der Waals surface area contributed by atoms with Gasteiger partial charge in [0.1, 0.15) is 12.2 Å². The molecule has 0 aliphatic heterocycles. The van der Waals surface area contributed by atoms with E-state index in [-0.39, 0.29) is 28.0 Å². The molecule has 198 valence electrons. The van der Waals surface area contributed by atoms with Crippen LogP contribution in [0.25, 0.3) is 28.0 Å². The fourth-order valence-corrected chi connectivity index (χ4v) is 4.34. The van der Waals surface area contributed by atoms with Crippen molar-refractivity contribution in [1.82, 2.24) is 29.5 Å². The number of halogens is 8. The molecule has 8 nitrogen and oxygen atoms in total. The molecule has 0 saturated carbocycles. The van der Waals surface area contributed by atoms with Crippen molar-refractivity contribution < 1.29 is 43.5 Å². The highest BCUT2D eigenvalue weighted by molar-refractivity contribution is 7.91. The third-order valence-electron chi connectivity index (χ3n) is 5.23. The molecule has 0 aliphatic rings. The molecule has 0 amide bonds. The van der Waals surface area contributed by atoms with Crippen LogP contribution in [0.15, 0.2) is 47.9 Å². The lowest BCUT2D eigenvalue weighted by atomic mass is 10.2. The summed E-state index contributed by atoms with van der Waals surface area (Å²) in [7, 11) is -4.03. The number of hydrogen-bond donors (Lipinski definition) is 0. The first-order valence-electron chi connectivity index (χ1n) is 10.2. The van der Waals surface area contributed by atoms with Gasteiger partial charge in [-0.25, -0.2) is 13.1 Å². The highest BCUT2D eigenvalue weighted by atomic mass is 32.2. The zero-order valence-electron chi connectivity index (χ0n) is 18.4. The summed E-state index contributed by atoms with van der Waals surface area (Å²) in [6.45, 7) is -0.476. The third kappa shape index (κ3) is 4.99. The molecule has 0 unspecified atom stereocenters. The number of nitrogens with zero attached hydrogens (tertiary/aromatic N) is 6. The summed E-state index contributed by atoms with van der Waals surface area (Å²) >= 11 is 0. The van der Waals surface area contributed by atoms with Gasteiger partial charge in [-0.05, 0) is 18.2 Å². The van der Waals surface area contributed by atoms with Crippen molar-refractivity contribution in [1.29, 1.82) is 0 Å². The number of hydrogen-bond acceptors (Lipinski definition) is 6. The summed E-state index contributed by atoms with van der Waals surface area (Å²) in [6, 6.07) is 2.93. The molecule has 0 N–H and O–H groups in total. The average Bonchev–Trinajstić information content (AvgIpc) is 3.45. The number of pyridine rings is 2. The largest absolute Gasteiger partial charge is 0.455 e. The second kappa shape index (κ2) is 8.74. The quantitative estimate of drug-likeness (QED) is 0.321. The molecule has 17 heteroatoms. The maximum atomic E-state index is 13.5. The van der Waals surface area contributed by atoms with E-state index in [1.54, 1.807) is 0 Å². The van der Waals surface area contributed by atoms with Crippen molar-refractivity contribution in [3.05, 3.63) is 48.7 Å². The molecule has 0 atom stereocenters. The molecule has 37 heavy (non-hydrogen) atoms. The van der Waals surface area contributed by atoms with Crippen LogP contribution in [0.3, 0.4) is 0 Å². The molecule has 0 saturated heterocycles. The predicted octanol–water partition coefficient (Wildman–Crippen LogP) is 4.69. The summed E-state index contributed by atoms with van der Waals surface area (Å²) in [5.74, 6) is -5.48. The monoisotopic (exact) mass is 554 g/mol. The standard InChI is InChI=1S/C20H14F8N6O2S/c1-2-37(35,36)15-6-12(33-4-3-16(32-33)19(23,24)25)8-30-17(15)13-5-11-7-31-34(14(11)9-29-13)10-18(21,22)20(26,27)28/h3-9H,2,10H2,1H3. The number of fused-ring (bicyclic) bond motifs is 1. The van der Waals surface area contributed by atoms with E-state index in [1.807, 2.05) is 0 Å². The van der Waals surface area contributed by atoms with Gasteiger partial charge in [-0.3, -0.25) is 14.6 Å². The van der Waals surface area contributed by atoms with Crippen LogP contribution >= 0.6 is 0 Å². The zero-order chi connectivity index (χ0) is 27.4. The van der Waals surface area contributed by atoms with Gasteiger partial charge in [0.05, 0.1) is 46.1 Å². The highest BCUT2D eigenvalue weighted by Crippen LogP contribution is 2.37. The van der Waals surface area contributed by atoms with E-state index >= 15 is 0 Å². The Morgan fingerprint density at radius 1 is 0.946 bits per heavy atom. The van der Waals surface area contributed by atoms with E-state index in [4.69, 9.17) is 0 Å². The Kier molecular flexibility index (Phi) is 6.24. The van der Waals surface area contributed by atoms with Gasteiger partial charge in [0.15, 0.2) is 15.5 Å². The molecule has 4 aromatic rings. The maximum Gasteiger partial charge on any atom is 0.455 e. The van der Waals surface area contributed by atoms with Crippen LogP contribution in [-0.2, 0) is 22.6 Å². The fraction of sp³-hybridized carbons (Fsp3) is 0.300. The molecule has 0 fully saturated rings. The lowest BCUT2D eigenvalue weighted by Crippen LogP contribution is -2.40. The van der Waals surface area contributed by atoms with E-state index in [2.05, 4.69) is 20.2 Å². The van der Waals surface area contributed by atoms with Crippen molar-refractivity contribution in [2.75, 3.05) is 5.75 Å². The number of rotatable bonds is 6. The van der Waals surface area contributed by atoms with Crippen LogP contribution in [0.2, 0.25) is 0 Å². The summed E-state index contributed by atoms with van der Waals surface area (Å²) in [6.07, 6.45) is -6.58. The van der Waals surface area contributed by atoms with Gasteiger partial charge >= 0.3 is 18.3 Å². The van der Waals surface area contributed by atoms with Crippen LogP contribution in [0.4, 0.5) is 35.1 Å². The van der Waals surface area contributed by atoms with Crippen LogP contribution in [0.1, 0.15) is 12.6 Å². The number of alkyl halides is 8. The van der Waals surface area contributed by atoms with Crippen molar-refractivity contribution in [2.45, 2.75) is 36.6 Å². The van der Waals surface area contributed by atoms with Gasteiger partial charge in [-0.15, -0.1) is 0 Å². The Morgan fingerprint density at radius 2 is 1.65 bits per heavy atom. The molecule has 0 spiro atoms. The average molecular weight is 554 g/mol. The first kappa shape index (κ1) is 26.4. The second-order valence-electron chi connectivity index (χ2n) is 7.72. The normalized spacial score (nSPS) is 13.4. The van der Waals surface area contributed by atoms with Crippen LogP contribution < -0.4 is 0 Å². The molecular formula is C20H14F8N6O2S. The van der Waals surface area contributed by atoms with Crippen LogP contribution in [-0.4, -0.2) is 55.8 Å². The van der Waals surface area contributed by atoms with E-state index in [1.165, 1.54) is 13.0 Å². The number of sulfone groups is 1. The SMILES string of the molecule is CCS(=O)(=O)c1cc(-n2ccc(C(F)(F)F)n2)cnc1-c1cc2cnn(CC(F)(F)C(F)(F)F)c2cn1. The fourth-order valence-electron chi connectivity index (χ4n) is 3.27. The van der Waals surface area contributed by atoms with Crippen molar-refractivity contribution in [3.63, 3.8) is 0 Å². The Labute approximate surface area is 202 Å². The van der Waals surface area contributed by atoms with E-state index in [9.17, 15) is 43.5 Å². The van der Waals surface area contributed by atoms with Gasteiger partial charge in [-0.1, -0.05) is 6.92 Å². The van der Waals surface area contributed by atoms with Crippen molar-refractivity contribution >= 4 is 20.7 Å². The van der Waals surface area contributed by atoms with Crippen LogP contribution in [0, 0.1) is 0 Å². The third-order valence-corrected chi connectivity index (χ3v) is 6.97. The first-order chi connectivity index (χ1) is 17.0. The lowest BCUT2D eigenvalue weighted by molar-refractivity contribution is -0.287. The zero-order valence-corrected chi connectivity index (χ0v) is 19.2. The summed E-state index contributed by atoms with van der Waals surface area (Å²) in [4.78, 5) is 7.60. The van der Waals surface area contributed by atoms with E-state index in [0.717, 1.165) is 35.5 Å². The van der Waals surface area contributed by atoms with E-state index in [0.29, 0.717) is 10.7 Å². The Hall–Kier alpha value is -3.63. The second-order valence-corrected chi connectivity index (χ2v) is 9.97. The molecule has 4 aromatic heterocycles. The minimum atomic E-state index is -5.80. The minimum Gasteiger partial charge on any atom is -0.257 e. The lowest BCUT2D eigenvalue weighted by Gasteiger charge is -2.19. The van der Waals surface area contributed by atoms with Gasteiger partial charge in [-0.2, -0.15) is 45.3 Å². The Morgan fingerprint density at radius 3 is 2.24 bits per heavy atom. The van der Waals surface area contributed by atoms with Gasteiger partial charge in [0.2, 0.25) is 0 Å². The summed E-state index contributed by atoms with van der Waals surface area (Å²) in [5.41, 5.74) is -1.81. The molecule has 0 aromatic carbocycles. The Bertz CT molecular complexity index is 1570. The smallest absolute Gasteiger partial charge is 0.257 e. The summed E-state index contributed by atoms with van der Waals surface area (Å²) in [5, 5.41) is 6.99. The van der Waals surface area contributed by atoms with E-state index < -0.39 is 51.0 Å². The first-order valence-corrected chi connectivity index (χ1v) is 11.8. The van der Waals surface area contributed by atoms with Crippen LogP contribution in [0.5, 0.6) is 0 Å². The van der Waals surface area contributed by atoms with Gasteiger partial charge < -0.3 is 0 Å². The predicted molar refractivity (Wildman–Crippen MR) is 112 cm³/mol. The molecular weight excluding hydrogens is 540 g/mol. The van der Waals surface area contributed by atoms with Crippen molar-refractivity contribution in [2.24, 2.45) is 0 Å². The molecule has 4 rings (SSSR count). The van der Waals surface area contributed by atoms with Gasteiger partial charge in [0.25, 0.3) is 0 Å². The maximum absolute atomic E-state index is 13.5. The summed E-state index contributed by atoms with van der Waals surface area (Å²) < 4.78 is 130. The number of aromatic nitrogens is 6. The van der Waals surface area contributed by atoms with Crippen molar-refractivity contribution in [3.8, 4) is 17.1 Å². The molecule has 0 aliphatic carbocycles. The molecule has 4 heterocycles. The highest BCUT2D eigenvalue weighted by Gasteiger charge is 2.57.